The molecule has 0 aliphatic carbocycles. The smallest absolute Gasteiger partial charge is 0.107 e. The zero-order chi connectivity index (χ0) is 14.8. The van der Waals surface area contributed by atoms with Crippen LogP contribution in [-0.2, 0) is 6.42 Å². The fourth-order valence-corrected chi connectivity index (χ4v) is 2.40. The Labute approximate surface area is 129 Å². The van der Waals surface area contributed by atoms with Gasteiger partial charge in [0, 0.05) is 29.1 Å². The Morgan fingerprint density at radius 3 is 2.65 bits per heavy atom. The molecule has 5 heteroatoms. The third kappa shape index (κ3) is 4.23. The van der Waals surface area contributed by atoms with Crippen molar-refractivity contribution in [2.24, 2.45) is 0 Å². The fourth-order valence-electron chi connectivity index (χ4n) is 1.89. The van der Waals surface area contributed by atoms with Crippen molar-refractivity contribution in [1.82, 2.24) is 15.3 Å². The lowest BCUT2D eigenvalue weighted by atomic mass is 10.1. The van der Waals surface area contributed by atoms with Crippen LogP contribution in [0.3, 0.4) is 0 Å². The van der Waals surface area contributed by atoms with Gasteiger partial charge in [0.25, 0.3) is 0 Å². The number of halogens is 2. The van der Waals surface area contributed by atoms with Crippen LogP contribution >= 0.6 is 23.2 Å². The molecule has 0 fully saturated rings. The molecule has 0 bridgehead atoms. The van der Waals surface area contributed by atoms with Crippen molar-refractivity contribution in [1.29, 1.82) is 0 Å². The number of nitrogens with zero attached hydrogens (tertiary/aromatic N) is 1. The van der Waals surface area contributed by atoms with Crippen molar-refractivity contribution in [3.63, 3.8) is 0 Å². The Morgan fingerprint density at radius 1 is 1.25 bits per heavy atom. The molecule has 2 aromatic rings. The van der Waals surface area contributed by atoms with E-state index < -0.39 is 0 Å². The first-order valence-corrected chi connectivity index (χ1v) is 7.35. The van der Waals surface area contributed by atoms with E-state index in [9.17, 15) is 0 Å². The van der Waals surface area contributed by atoms with Crippen LogP contribution in [0.5, 0.6) is 0 Å². The van der Waals surface area contributed by atoms with Gasteiger partial charge in [-0.1, -0.05) is 23.2 Å². The Kier molecular flexibility index (Phi) is 4.74. The van der Waals surface area contributed by atoms with Gasteiger partial charge in [-0.05, 0) is 39.0 Å². The van der Waals surface area contributed by atoms with Crippen LogP contribution in [0.1, 0.15) is 26.6 Å². The average molecular weight is 312 g/mol. The molecular weight excluding hydrogens is 293 g/mol. The number of imidazole rings is 1. The van der Waals surface area contributed by atoms with E-state index in [0.717, 1.165) is 30.0 Å². The summed E-state index contributed by atoms with van der Waals surface area (Å²) in [5.41, 5.74) is 1.95. The first-order valence-electron chi connectivity index (χ1n) is 6.59. The molecule has 0 aliphatic heterocycles. The minimum Gasteiger partial charge on any atom is -0.342 e. The topological polar surface area (TPSA) is 40.7 Å². The minimum atomic E-state index is 0.120. The minimum absolute atomic E-state index is 0.120. The zero-order valence-corrected chi connectivity index (χ0v) is 13.4. The number of hydrogen-bond acceptors (Lipinski definition) is 2. The van der Waals surface area contributed by atoms with E-state index in [-0.39, 0.29) is 5.54 Å². The van der Waals surface area contributed by atoms with Gasteiger partial charge in [-0.3, -0.25) is 0 Å². The lowest BCUT2D eigenvalue weighted by Gasteiger charge is -2.19. The molecule has 2 N–H and O–H groups in total. The van der Waals surface area contributed by atoms with Crippen LogP contribution < -0.4 is 5.32 Å². The highest BCUT2D eigenvalue weighted by Gasteiger charge is 2.10. The number of aromatic amines is 1. The van der Waals surface area contributed by atoms with E-state index in [0.29, 0.717) is 10.0 Å². The second-order valence-corrected chi connectivity index (χ2v) is 6.64. The van der Waals surface area contributed by atoms with Gasteiger partial charge in [0.15, 0.2) is 0 Å². The van der Waals surface area contributed by atoms with Crippen molar-refractivity contribution in [2.45, 2.75) is 32.7 Å². The summed E-state index contributed by atoms with van der Waals surface area (Å²) in [7, 11) is 0. The molecule has 0 amide bonds. The molecular formula is C15H19Cl2N3. The van der Waals surface area contributed by atoms with Crippen LogP contribution in [0.4, 0.5) is 0 Å². The molecule has 0 spiro atoms. The highest BCUT2D eigenvalue weighted by atomic mass is 35.5. The van der Waals surface area contributed by atoms with Crippen molar-refractivity contribution in [3.05, 3.63) is 40.3 Å². The summed E-state index contributed by atoms with van der Waals surface area (Å²) in [6.07, 6.45) is 2.66. The van der Waals surface area contributed by atoms with Crippen LogP contribution in [0.25, 0.3) is 11.3 Å². The maximum atomic E-state index is 6.19. The predicted molar refractivity (Wildman–Crippen MR) is 85.5 cm³/mol. The maximum Gasteiger partial charge on any atom is 0.107 e. The van der Waals surface area contributed by atoms with Gasteiger partial charge in [-0.25, -0.2) is 4.98 Å². The number of H-pyrrole nitrogens is 1. The molecule has 20 heavy (non-hydrogen) atoms. The van der Waals surface area contributed by atoms with E-state index in [1.807, 2.05) is 18.3 Å². The molecule has 0 radical (unpaired) electrons. The number of benzene rings is 1. The van der Waals surface area contributed by atoms with E-state index in [2.05, 4.69) is 36.1 Å². The molecule has 0 unspecified atom stereocenters. The molecule has 3 nitrogen and oxygen atoms in total. The Morgan fingerprint density at radius 2 is 2.00 bits per heavy atom. The summed E-state index contributed by atoms with van der Waals surface area (Å²) in [6.45, 7) is 7.32. The van der Waals surface area contributed by atoms with Gasteiger partial charge in [0.05, 0.1) is 16.9 Å². The largest absolute Gasteiger partial charge is 0.342 e. The molecule has 0 atom stereocenters. The number of nitrogens with one attached hydrogen (secondary N) is 2. The van der Waals surface area contributed by atoms with Crippen LogP contribution in [0.2, 0.25) is 10.0 Å². The van der Waals surface area contributed by atoms with E-state index in [1.54, 1.807) is 6.07 Å². The quantitative estimate of drug-likeness (QED) is 0.883. The maximum absolute atomic E-state index is 6.19. The second-order valence-electron chi connectivity index (χ2n) is 5.79. The van der Waals surface area contributed by atoms with Gasteiger partial charge in [0.2, 0.25) is 0 Å². The van der Waals surface area contributed by atoms with Crippen molar-refractivity contribution in [2.75, 3.05) is 6.54 Å². The fraction of sp³-hybridized carbons (Fsp3) is 0.400. The molecule has 0 aliphatic rings. The highest BCUT2D eigenvalue weighted by Crippen LogP contribution is 2.29. The molecule has 1 heterocycles. The third-order valence-corrected chi connectivity index (χ3v) is 3.41. The first-order chi connectivity index (χ1) is 9.35. The van der Waals surface area contributed by atoms with Gasteiger partial charge in [0.1, 0.15) is 5.82 Å². The summed E-state index contributed by atoms with van der Waals surface area (Å²) >= 11 is 12.1. The van der Waals surface area contributed by atoms with Crippen molar-refractivity contribution >= 4 is 23.2 Å². The SMILES string of the molecule is CC(C)(C)NCCc1ncc(-c2ccc(Cl)cc2Cl)[nH]1. The molecule has 0 saturated heterocycles. The normalized spacial score (nSPS) is 11.8. The van der Waals surface area contributed by atoms with E-state index in [4.69, 9.17) is 23.2 Å². The average Bonchev–Trinajstić information content (AvgIpc) is 2.75. The highest BCUT2D eigenvalue weighted by molar-refractivity contribution is 6.36. The number of rotatable bonds is 4. The molecule has 108 valence electrons. The predicted octanol–water partition coefficient (Wildman–Crippen LogP) is 4.31. The Bertz CT molecular complexity index is 585. The molecule has 1 aromatic heterocycles. The van der Waals surface area contributed by atoms with E-state index >= 15 is 0 Å². The van der Waals surface area contributed by atoms with Crippen LogP contribution in [0.15, 0.2) is 24.4 Å². The van der Waals surface area contributed by atoms with Gasteiger partial charge >= 0.3 is 0 Å². The lowest BCUT2D eigenvalue weighted by molar-refractivity contribution is 0.427. The summed E-state index contributed by atoms with van der Waals surface area (Å²) in [5.74, 6) is 0.947. The van der Waals surface area contributed by atoms with Crippen molar-refractivity contribution in [3.8, 4) is 11.3 Å². The molecule has 0 saturated carbocycles. The Balaban J connectivity index is 2.05. The number of hydrogen-bond donors (Lipinski definition) is 2. The molecule has 1 aromatic carbocycles. The summed E-state index contributed by atoms with van der Waals surface area (Å²) < 4.78 is 0. The molecule has 2 rings (SSSR count). The lowest BCUT2D eigenvalue weighted by Crippen LogP contribution is -2.37. The number of aromatic nitrogens is 2. The summed E-state index contributed by atoms with van der Waals surface area (Å²) in [5, 5.41) is 4.69. The van der Waals surface area contributed by atoms with Crippen LogP contribution in [-0.4, -0.2) is 22.1 Å². The second kappa shape index (κ2) is 6.17. The summed E-state index contributed by atoms with van der Waals surface area (Å²) in [4.78, 5) is 7.69. The zero-order valence-electron chi connectivity index (χ0n) is 11.9. The van der Waals surface area contributed by atoms with Gasteiger partial charge < -0.3 is 10.3 Å². The van der Waals surface area contributed by atoms with Gasteiger partial charge in [-0.2, -0.15) is 0 Å². The van der Waals surface area contributed by atoms with E-state index in [1.165, 1.54) is 0 Å². The van der Waals surface area contributed by atoms with Gasteiger partial charge in [-0.15, -0.1) is 0 Å². The standard InChI is InChI=1S/C15H19Cl2N3/c1-15(2,3)19-7-6-14-18-9-13(20-14)11-5-4-10(16)8-12(11)17/h4-5,8-9,19H,6-7H2,1-3H3,(H,18,20). The third-order valence-electron chi connectivity index (χ3n) is 2.87. The summed E-state index contributed by atoms with van der Waals surface area (Å²) in [6, 6.07) is 5.46. The first kappa shape index (κ1) is 15.4. The Hall–Kier alpha value is -1.03. The van der Waals surface area contributed by atoms with Crippen molar-refractivity contribution < 1.29 is 0 Å². The van der Waals surface area contributed by atoms with Crippen LogP contribution in [0, 0.1) is 0 Å². The monoisotopic (exact) mass is 311 g/mol.